The number of hydrogen-bond donors (Lipinski definition) is 0. The molecule has 0 unspecified atom stereocenters. The first kappa shape index (κ1) is 23.7. The summed E-state index contributed by atoms with van der Waals surface area (Å²) in [7, 11) is -3.13. The van der Waals surface area contributed by atoms with Gasteiger partial charge in [0.05, 0.1) is 28.3 Å². The second kappa shape index (κ2) is 9.54. The number of hydrogen-bond acceptors (Lipinski definition) is 7. The summed E-state index contributed by atoms with van der Waals surface area (Å²) in [5.41, 5.74) is 3.90. The van der Waals surface area contributed by atoms with Crippen molar-refractivity contribution in [2.24, 2.45) is 0 Å². The van der Waals surface area contributed by atoms with E-state index in [1.165, 1.54) is 4.90 Å². The molecule has 2 aromatic heterocycles. The van der Waals surface area contributed by atoms with Crippen LogP contribution in [0.3, 0.4) is 0 Å². The molecule has 1 atom stereocenters. The number of carbonyl (C=O) groups is 2. The van der Waals surface area contributed by atoms with Crippen LogP contribution in [0.1, 0.15) is 46.3 Å². The molecule has 1 aromatic carbocycles. The molecule has 9 heteroatoms. The summed E-state index contributed by atoms with van der Waals surface area (Å²) >= 11 is 1.65. The van der Waals surface area contributed by atoms with Gasteiger partial charge in [-0.15, -0.1) is 11.3 Å². The lowest BCUT2D eigenvalue weighted by Gasteiger charge is -2.26. The van der Waals surface area contributed by atoms with E-state index in [-0.39, 0.29) is 23.5 Å². The van der Waals surface area contributed by atoms with E-state index in [2.05, 4.69) is 6.08 Å². The zero-order chi connectivity index (χ0) is 24.6. The van der Waals surface area contributed by atoms with E-state index in [1.54, 1.807) is 18.3 Å². The average Bonchev–Trinajstić information content (AvgIpc) is 3.58. The second-order valence-corrected chi connectivity index (χ2v) is 12.0. The largest absolute Gasteiger partial charge is 0.452 e. The standard InChI is InChI=1S/C26H26N2O5S2/c1-2-28(18-11-13-35(31,32)16-18)23(29)15-33-26(30)24-20-7-3-4-8-22(20)27-25-17(9-10-21(24)25)14-19-6-5-12-34-19/h3-8,12,14,18H,2,9-11,13,15-16H2,1H3/b17-14+/t18-/m0/s1. The summed E-state index contributed by atoms with van der Waals surface area (Å²) in [5.74, 6) is -0.892. The molecule has 1 fully saturated rings. The zero-order valence-electron chi connectivity index (χ0n) is 19.4. The van der Waals surface area contributed by atoms with Crippen LogP contribution in [-0.2, 0) is 25.8 Å². The number of ether oxygens (including phenoxy) is 1. The monoisotopic (exact) mass is 510 g/mol. The summed E-state index contributed by atoms with van der Waals surface area (Å²) in [6.07, 6.45) is 3.97. The van der Waals surface area contributed by atoms with Crippen molar-refractivity contribution in [2.75, 3.05) is 24.7 Å². The lowest BCUT2D eigenvalue weighted by molar-refractivity contribution is -0.136. The fourth-order valence-corrected chi connectivity index (χ4v) is 7.41. The number of rotatable bonds is 6. The molecule has 1 amide bonds. The van der Waals surface area contributed by atoms with Crippen molar-refractivity contribution in [3.8, 4) is 0 Å². The number of para-hydroxylation sites is 1. The number of carbonyl (C=O) groups excluding carboxylic acids is 2. The highest BCUT2D eigenvalue weighted by Gasteiger charge is 2.34. The fourth-order valence-electron chi connectivity index (χ4n) is 5.00. The van der Waals surface area contributed by atoms with Crippen LogP contribution in [0.5, 0.6) is 0 Å². The molecule has 0 radical (unpaired) electrons. The highest BCUT2D eigenvalue weighted by atomic mass is 32.2. The number of allylic oxidation sites excluding steroid dienone is 1. The Hall–Kier alpha value is -3.04. The Morgan fingerprint density at radius 3 is 2.74 bits per heavy atom. The maximum absolute atomic E-state index is 13.3. The molecule has 35 heavy (non-hydrogen) atoms. The van der Waals surface area contributed by atoms with Gasteiger partial charge < -0.3 is 9.64 Å². The fraction of sp³-hybridized carbons (Fsp3) is 0.346. The Balaban J connectivity index is 1.42. The molecule has 182 valence electrons. The second-order valence-electron chi connectivity index (χ2n) is 8.83. The predicted octanol–water partition coefficient (Wildman–Crippen LogP) is 3.98. The number of fused-ring (bicyclic) bond motifs is 2. The Bertz CT molecular complexity index is 1430. The first-order chi connectivity index (χ1) is 16.9. The summed E-state index contributed by atoms with van der Waals surface area (Å²) < 4.78 is 29.3. The van der Waals surface area contributed by atoms with Crippen molar-refractivity contribution in [2.45, 2.75) is 32.2 Å². The minimum atomic E-state index is -3.13. The number of amides is 1. The van der Waals surface area contributed by atoms with Crippen molar-refractivity contribution in [1.82, 2.24) is 9.88 Å². The maximum atomic E-state index is 13.3. The first-order valence-electron chi connectivity index (χ1n) is 11.7. The van der Waals surface area contributed by atoms with Gasteiger partial charge in [-0.3, -0.25) is 4.79 Å². The smallest absolute Gasteiger partial charge is 0.339 e. The Morgan fingerprint density at radius 1 is 1.20 bits per heavy atom. The molecular weight excluding hydrogens is 484 g/mol. The SMILES string of the molecule is CCN(C(=O)COC(=O)c1c2c(nc3ccccc13)/C(=C/c1cccs1)CC2)[C@H]1CCS(=O)(=O)C1. The average molecular weight is 511 g/mol. The quantitative estimate of drug-likeness (QED) is 0.466. The van der Waals surface area contributed by atoms with Gasteiger partial charge in [0, 0.05) is 22.8 Å². The van der Waals surface area contributed by atoms with E-state index in [4.69, 9.17) is 9.72 Å². The molecule has 0 saturated carbocycles. The van der Waals surface area contributed by atoms with E-state index in [9.17, 15) is 18.0 Å². The molecule has 5 rings (SSSR count). The molecular formula is C26H26N2O5S2. The molecule has 2 aliphatic rings. The highest BCUT2D eigenvalue weighted by Crippen LogP contribution is 2.38. The third-order valence-corrected chi connectivity index (χ3v) is 9.21. The Kier molecular flexibility index (Phi) is 6.46. The highest BCUT2D eigenvalue weighted by molar-refractivity contribution is 7.91. The van der Waals surface area contributed by atoms with Crippen LogP contribution in [0, 0.1) is 0 Å². The normalized spacial score (nSPS) is 19.7. The molecule has 0 N–H and O–H groups in total. The third kappa shape index (κ3) is 4.75. The number of benzene rings is 1. The Labute approximate surface area is 208 Å². The summed E-state index contributed by atoms with van der Waals surface area (Å²) in [6.45, 7) is 1.74. The predicted molar refractivity (Wildman–Crippen MR) is 137 cm³/mol. The molecule has 3 aromatic rings. The van der Waals surface area contributed by atoms with E-state index in [0.29, 0.717) is 35.9 Å². The number of sulfone groups is 1. The number of aromatic nitrogens is 1. The third-order valence-electron chi connectivity index (χ3n) is 6.64. The number of likely N-dealkylation sites (N-methyl/N-ethyl adjacent to an activating group) is 1. The number of pyridine rings is 1. The van der Waals surface area contributed by atoms with Crippen LogP contribution in [0.2, 0.25) is 0 Å². The minimum Gasteiger partial charge on any atom is -0.452 e. The van der Waals surface area contributed by atoms with Crippen LogP contribution in [-0.4, -0.2) is 60.9 Å². The van der Waals surface area contributed by atoms with Crippen LogP contribution in [0.15, 0.2) is 41.8 Å². The number of nitrogens with zero attached hydrogens (tertiary/aromatic N) is 2. The van der Waals surface area contributed by atoms with Gasteiger partial charge in [-0.1, -0.05) is 24.3 Å². The summed E-state index contributed by atoms with van der Waals surface area (Å²) in [5, 5.41) is 2.73. The first-order valence-corrected chi connectivity index (χ1v) is 14.4. The topological polar surface area (TPSA) is 93.6 Å². The van der Waals surface area contributed by atoms with E-state index in [0.717, 1.165) is 28.1 Å². The van der Waals surface area contributed by atoms with Crippen LogP contribution >= 0.6 is 11.3 Å². The number of thiophene rings is 1. The van der Waals surface area contributed by atoms with Crippen LogP contribution in [0.4, 0.5) is 0 Å². The van der Waals surface area contributed by atoms with E-state index in [1.807, 2.05) is 41.8 Å². The summed E-state index contributed by atoms with van der Waals surface area (Å²) in [6, 6.07) is 11.1. The molecule has 1 aliphatic carbocycles. The molecule has 1 aliphatic heterocycles. The zero-order valence-corrected chi connectivity index (χ0v) is 21.0. The molecule has 0 spiro atoms. The van der Waals surface area contributed by atoms with Crippen molar-refractivity contribution >= 4 is 55.6 Å². The van der Waals surface area contributed by atoms with Crippen molar-refractivity contribution in [3.63, 3.8) is 0 Å². The molecule has 0 bridgehead atoms. The molecule has 7 nitrogen and oxygen atoms in total. The molecule has 3 heterocycles. The molecule has 1 saturated heterocycles. The number of esters is 1. The maximum Gasteiger partial charge on any atom is 0.339 e. The van der Waals surface area contributed by atoms with E-state index < -0.39 is 22.4 Å². The van der Waals surface area contributed by atoms with Gasteiger partial charge in [0.25, 0.3) is 5.91 Å². The van der Waals surface area contributed by atoms with Crippen LogP contribution in [0.25, 0.3) is 22.6 Å². The summed E-state index contributed by atoms with van der Waals surface area (Å²) in [4.78, 5) is 33.7. The van der Waals surface area contributed by atoms with Gasteiger partial charge in [0.1, 0.15) is 0 Å². The van der Waals surface area contributed by atoms with Crippen LogP contribution < -0.4 is 0 Å². The minimum absolute atomic E-state index is 0.0393. The van der Waals surface area contributed by atoms with Gasteiger partial charge in [0.15, 0.2) is 16.4 Å². The van der Waals surface area contributed by atoms with Crippen molar-refractivity contribution < 1.29 is 22.7 Å². The van der Waals surface area contributed by atoms with Gasteiger partial charge in [-0.05, 0) is 60.9 Å². The van der Waals surface area contributed by atoms with Gasteiger partial charge >= 0.3 is 5.97 Å². The van der Waals surface area contributed by atoms with Crippen molar-refractivity contribution in [3.05, 3.63) is 63.5 Å². The lowest BCUT2D eigenvalue weighted by Crippen LogP contribution is -2.43. The van der Waals surface area contributed by atoms with Gasteiger partial charge in [-0.2, -0.15) is 0 Å². The lowest BCUT2D eigenvalue weighted by atomic mass is 10.0. The Morgan fingerprint density at radius 2 is 2.03 bits per heavy atom. The van der Waals surface area contributed by atoms with E-state index >= 15 is 0 Å². The van der Waals surface area contributed by atoms with Crippen molar-refractivity contribution in [1.29, 1.82) is 0 Å². The van der Waals surface area contributed by atoms with Gasteiger partial charge in [0.2, 0.25) is 0 Å². The van der Waals surface area contributed by atoms with Gasteiger partial charge in [-0.25, -0.2) is 18.2 Å².